The Morgan fingerprint density at radius 3 is 2.69 bits per heavy atom. The molecule has 0 atom stereocenters. The molecule has 2 aromatic rings. The van der Waals surface area contributed by atoms with Crippen LogP contribution in [0.4, 0.5) is 0 Å². The largest absolute Gasteiger partial charge is 0.326 e. The summed E-state index contributed by atoms with van der Waals surface area (Å²) in [4.78, 5) is 4.26. The van der Waals surface area contributed by atoms with Gasteiger partial charge in [0.15, 0.2) is 0 Å². The van der Waals surface area contributed by atoms with Crippen molar-refractivity contribution in [2.75, 3.05) is 0 Å². The minimum Gasteiger partial charge on any atom is -0.326 e. The summed E-state index contributed by atoms with van der Waals surface area (Å²) >= 11 is 5.93. The van der Waals surface area contributed by atoms with E-state index in [0.29, 0.717) is 11.6 Å². The van der Waals surface area contributed by atoms with E-state index in [1.54, 1.807) is 4.68 Å². The first-order chi connectivity index (χ1) is 7.61. The lowest BCUT2D eigenvalue weighted by Crippen LogP contribution is -2.07. The third-order valence-electron chi connectivity index (χ3n) is 2.36. The molecular weight excluding hydrogens is 224 g/mol. The van der Waals surface area contributed by atoms with Gasteiger partial charge in [0.2, 0.25) is 0 Å². The van der Waals surface area contributed by atoms with Gasteiger partial charge in [-0.15, -0.1) is 0 Å². The summed E-state index contributed by atoms with van der Waals surface area (Å²) in [5.74, 6) is 1.59. The first-order valence-corrected chi connectivity index (χ1v) is 5.38. The van der Waals surface area contributed by atoms with Crippen molar-refractivity contribution in [3.05, 3.63) is 40.4 Å². The summed E-state index contributed by atoms with van der Waals surface area (Å²) in [6.07, 6.45) is 0. The lowest BCUT2D eigenvalue weighted by molar-refractivity contribution is 0.815. The lowest BCUT2D eigenvalue weighted by atomic mass is 10.2. The summed E-state index contributed by atoms with van der Waals surface area (Å²) in [5, 5.41) is 5.01. The van der Waals surface area contributed by atoms with Crippen LogP contribution in [0.5, 0.6) is 0 Å². The molecule has 1 heterocycles. The number of nitrogens with zero attached hydrogens (tertiary/aromatic N) is 3. The van der Waals surface area contributed by atoms with Gasteiger partial charge in [-0.3, -0.25) is 0 Å². The second-order valence-electron chi connectivity index (χ2n) is 3.60. The van der Waals surface area contributed by atoms with Gasteiger partial charge in [-0.05, 0) is 37.6 Å². The van der Waals surface area contributed by atoms with E-state index in [1.807, 2.05) is 32.0 Å². The summed E-state index contributed by atoms with van der Waals surface area (Å²) in [6, 6.07) is 5.59. The molecule has 0 bridgehead atoms. The number of rotatable bonds is 2. The first kappa shape index (κ1) is 11.1. The molecule has 2 rings (SSSR count). The summed E-state index contributed by atoms with van der Waals surface area (Å²) in [5.41, 5.74) is 7.59. The van der Waals surface area contributed by atoms with Crippen LogP contribution < -0.4 is 5.73 Å². The van der Waals surface area contributed by atoms with Crippen LogP contribution in [-0.2, 0) is 6.54 Å². The van der Waals surface area contributed by atoms with Crippen LogP contribution in [0.2, 0.25) is 5.02 Å². The van der Waals surface area contributed by atoms with Crippen molar-refractivity contribution in [2.24, 2.45) is 5.73 Å². The molecule has 1 aromatic heterocycles. The molecule has 0 unspecified atom stereocenters. The van der Waals surface area contributed by atoms with Gasteiger partial charge in [0.1, 0.15) is 11.6 Å². The van der Waals surface area contributed by atoms with Crippen LogP contribution in [0.1, 0.15) is 17.2 Å². The van der Waals surface area contributed by atoms with E-state index in [4.69, 9.17) is 17.3 Å². The molecular formula is C11H13ClN4. The molecule has 0 fully saturated rings. The predicted molar refractivity (Wildman–Crippen MR) is 63.7 cm³/mol. The highest BCUT2D eigenvalue weighted by Gasteiger charge is 2.09. The van der Waals surface area contributed by atoms with Gasteiger partial charge in [-0.2, -0.15) is 5.10 Å². The lowest BCUT2D eigenvalue weighted by Gasteiger charge is -2.09. The number of nitrogens with two attached hydrogens (primary N) is 1. The van der Waals surface area contributed by atoms with Gasteiger partial charge < -0.3 is 5.73 Å². The fourth-order valence-electron chi connectivity index (χ4n) is 1.67. The van der Waals surface area contributed by atoms with Crippen molar-refractivity contribution >= 4 is 11.6 Å². The maximum absolute atomic E-state index is 5.93. The molecule has 5 heteroatoms. The molecule has 2 N–H and O–H groups in total. The molecule has 84 valence electrons. The van der Waals surface area contributed by atoms with Crippen LogP contribution in [0.25, 0.3) is 5.69 Å². The fourth-order valence-corrected chi connectivity index (χ4v) is 1.87. The Balaban J connectivity index is 2.59. The molecule has 0 saturated carbocycles. The van der Waals surface area contributed by atoms with E-state index >= 15 is 0 Å². The first-order valence-electron chi connectivity index (χ1n) is 5.01. The number of benzene rings is 1. The monoisotopic (exact) mass is 236 g/mol. The second kappa shape index (κ2) is 4.23. The third kappa shape index (κ3) is 1.94. The summed E-state index contributed by atoms with van der Waals surface area (Å²) in [7, 11) is 0. The molecule has 0 radical (unpaired) electrons. The average molecular weight is 237 g/mol. The Hall–Kier alpha value is -1.39. The van der Waals surface area contributed by atoms with Gasteiger partial charge in [-0.25, -0.2) is 9.67 Å². The van der Waals surface area contributed by atoms with Gasteiger partial charge in [0.25, 0.3) is 0 Å². The van der Waals surface area contributed by atoms with Crippen LogP contribution in [0.15, 0.2) is 18.2 Å². The van der Waals surface area contributed by atoms with E-state index in [1.165, 1.54) is 0 Å². The quantitative estimate of drug-likeness (QED) is 0.868. The normalized spacial score (nSPS) is 10.8. The third-order valence-corrected chi connectivity index (χ3v) is 2.60. The van der Waals surface area contributed by atoms with E-state index < -0.39 is 0 Å². The molecule has 1 aromatic carbocycles. The minimum absolute atomic E-state index is 0.425. The number of hydrogen-bond donors (Lipinski definition) is 1. The van der Waals surface area contributed by atoms with Crippen molar-refractivity contribution in [2.45, 2.75) is 20.4 Å². The van der Waals surface area contributed by atoms with Gasteiger partial charge in [0.05, 0.1) is 5.69 Å². The molecule has 0 saturated heterocycles. The Kier molecular flexibility index (Phi) is 2.94. The van der Waals surface area contributed by atoms with Crippen LogP contribution >= 0.6 is 11.6 Å². The van der Waals surface area contributed by atoms with E-state index in [9.17, 15) is 0 Å². The van der Waals surface area contributed by atoms with Crippen LogP contribution in [-0.4, -0.2) is 14.8 Å². The van der Waals surface area contributed by atoms with Crippen molar-refractivity contribution in [1.82, 2.24) is 14.8 Å². The standard InChI is InChI=1S/C11H13ClN4/c1-7-14-8(2)16(15-7)11-4-3-10(12)5-9(11)6-13/h3-5H,6,13H2,1-2H3. The van der Waals surface area contributed by atoms with Crippen LogP contribution in [0, 0.1) is 13.8 Å². The van der Waals surface area contributed by atoms with E-state index in [0.717, 1.165) is 22.9 Å². The van der Waals surface area contributed by atoms with E-state index in [2.05, 4.69) is 10.1 Å². The second-order valence-corrected chi connectivity index (χ2v) is 4.03. The maximum atomic E-state index is 5.93. The maximum Gasteiger partial charge on any atom is 0.148 e. The van der Waals surface area contributed by atoms with Gasteiger partial charge >= 0.3 is 0 Å². The topological polar surface area (TPSA) is 56.7 Å². The Morgan fingerprint density at radius 2 is 2.12 bits per heavy atom. The van der Waals surface area contributed by atoms with E-state index in [-0.39, 0.29) is 0 Å². The number of aryl methyl sites for hydroxylation is 2. The molecule has 16 heavy (non-hydrogen) atoms. The molecule has 4 nitrogen and oxygen atoms in total. The highest BCUT2D eigenvalue weighted by molar-refractivity contribution is 6.30. The summed E-state index contributed by atoms with van der Waals surface area (Å²) < 4.78 is 1.79. The van der Waals surface area contributed by atoms with Crippen molar-refractivity contribution in [3.8, 4) is 5.69 Å². The zero-order valence-electron chi connectivity index (χ0n) is 9.24. The molecule has 0 aliphatic heterocycles. The smallest absolute Gasteiger partial charge is 0.148 e. The van der Waals surface area contributed by atoms with Crippen molar-refractivity contribution in [3.63, 3.8) is 0 Å². The fraction of sp³-hybridized carbons (Fsp3) is 0.273. The average Bonchev–Trinajstić information content (AvgIpc) is 2.57. The molecule has 0 amide bonds. The number of hydrogen-bond acceptors (Lipinski definition) is 3. The zero-order valence-corrected chi connectivity index (χ0v) is 9.99. The Morgan fingerprint density at radius 1 is 1.38 bits per heavy atom. The van der Waals surface area contributed by atoms with Crippen LogP contribution in [0.3, 0.4) is 0 Å². The van der Waals surface area contributed by atoms with Gasteiger partial charge in [-0.1, -0.05) is 11.6 Å². The minimum atomic E-state index is 0.425. The molecule has 0 spiro atoms. The predicted octanol–water partition coefficient (Wildman–Crippen LogP) is 2.00. The Labute approximate surface area is 99.1 Å². The highest BCUT2D eigenvalue weighted by Crippen LogP contribution is 2.19. The van der Waals surface area contributed by atoms with Crippen molar-refractivity contribution < 1.29 is 0 Å². The highest BCUT2D eigenvalue weighted by atomic mass is 35.5. The van der Waals surface area contributed by atoms with Crippen molar-refractivity contribution in [1.29, 1.82) is 0 Å². The summed E-state index contributed by atoms with van der Waals surface area (Å²) in [6.45, 7) is 4.20. The van der Waals surface area contributed by atoms with Gasteiger partial charge in [0, 0.05) is 11.6 Å². The molecule has 0 aliphatic rings. The SMILES string of the molecule is Cc1nc(C)n(-c2ccc(Cl)cc2CN)n1. The number of aromatic nitrogens is 3. The Bertz CT molecular complexity index is 519. The zero-order chi connectivity index (χ0) is 11.7. The number of halogens is 1. The molecule has 0 aliphatic carbocycles.